The molecular formula is C71H136O6. The maximum atomic E-state index is 12.9. The Kier molecular flexibility index (Phi) is 65.1. The second kappa shape index (κ2) is 66.7. The summed E-state index contributed by atoms with van der Waals surface area (Å²) in [5.41, 5.74) is 0. The standard InChI is InChI=1S/C71H136O6/c1-4-7-10-13-16-19-22-25-27-29-30-31-32-33-34-35-36-37-38-39-40-41-43-44-46-49-52-55-58-61-64-70(73)76-67-68(66-75-69(72)63-60-57-54-51-48-24-21-18-15-12-9-6-3)77-71(74)65-62-59-56-53-50-47-45-42-28-26-23-20-17-14-11-8-5-2/h26,28,68H,4-25,27,29-67H2,1-3H3/b28-26-. The minimum atomic E-state index is -0.768. The van der Waals surface area contributed by atoms with Gasteiger partial charge in [0.05, 0.1) is 0 Å². The number of allylic oxidation sites excluding steroid dienone is 2. The van der Waals surface area contributed by atoms with Crippen molar-refractivity contribution in [2.75, 3.05) is 13.2 Å². The number of esters is 3. The fourth-order valence-corrected chi connectivity index (χ4v) is 11.0. The lowest BCUT2D eigenvalue weighted by molar-refractivity contribution is -0.167. The summed E-state index contributed by atoms with van der Waals surface area (Å²) in [7, 11) is 0. The fourth-order valence-electron chi connectivity index (χ4n) is 11.0. The monoisotopic (exact) mass is 1090 g/mol. The molecular weight excluding hydrogens is 949 g/mol. The Morgan fingerprint density at radius 2 is 0.429 bits per heavy atom. The van der Waals surface area contributed by atoms with Crippen LogP contribution < -0.4 is 0 Å². The highest BCUT2D eigenvalue weighted by atomic mass is 16.6. The van der Waals surface area contributed by atoms with E-state index >= 15 is 0 Å². The van der Waals surface area contributed by atoms with Gasteiger partial charge in [0.25, 0.3) is 0 Å². The van der Waals surface area contributed by atoms with Gasteiger partial charge in [-0.2, -0.15) is 0 Å². The average molecular weight is 1090 g/mol. The first kappa shape index (κ1) is 75.2. The van der Waals surface area contributed by atoms with Crippen LogP contribution in [0.15, 0.2) is 12.2 Å². The Morgan fingerprint density at radius 3 is 0.649 bits per heavy atom. The van der Waals surface area contributed by atoms with E-state index in [9.17, 15) is 14.4 Å². The van der Waals surface area contributed by atoms with Gasteiger partial charge < -0.3 is 14.2 Å². The van der Waals surface area contributed by atoms with Gasteiger partial charge in [-0.3, -0.25) is 14.4 Å². The van der Waals surface area contributed by atoms with Crippen molar-refractivity contribution < 1.29 is 28.6 Å². The summed E-state index contributed by atoms with van der Waals surface area (Å²) in [5, 5.41) is 0. The first-order valence-electron chi connectivity index (χ1n) is 35.2. The molecule has 0 N–H and O–H groups in total. The molecule has 1 atom stereocenters. The average Bonchev–Trinajstić information content (AvgIpc) is 3.43. The molecule has 6 heteroatoms. The zero-order chi connectivity index (χ0) is 55.7. The molecule has 6 nitrogen and oxygen atoms in total. The molecule has 1 unspecified atom stereocenters. The lowest BCUT2D eigenvalue weighted by Crippen LogP contribution is -2.30. The normalized spacial score (nSPS) is 12.0. The van der Waals surface area contributed by atoms with Crippen LogP contribution in [0.5, 0.6) is 0 Å². The molecule has 456 valence electrons. The highest BCUT2D eigenvalue weighted by Gasteiger charge is 2.19. The summed E-state index contributed by atoms with van der Waals surface area (Å²) in [6.07, 6.45) is 79.7. The highest BCUT2D eigenvalue weighted by Crippen LogP contribution is 2.19. The quantitative estimate of drug-likeness (QED) is 0.0261. The predicted molar refractivity (Wildman–Crippen MR) is 335 cm³/mol. The van der Waals surface area contributed by atoms with Crippen LogP contribution in [0.4, 0.5) is 0 Å². The van der Waals surface area contributed by atoms with E-state index in [1.165, 1.54) is 308 Å². The van der Waals surface area contributed by atoms with Crippen molar-refractivity contribution in [2.45, 2.75) is 412 Å². The summed E-state index contributed by atoms with van der Waals surface area (Å²) in [4.78, 5) is 38.3. The topological polar surface area (TPSA) is 78.9 Å². The molecule has 0 spiro atoms. The van der Waals surface area contributed by atoms with E-state index in [1.807, 2.05) is 0 Å². The maximum Gasteiger partial charge on any atom is 0.306 e. The van der Waals surface area contributed by atoms with Gasteiger partial charge in [-0.15, -0.1) is 0 Å². The zero-order valence-electron chi connectivity index (χ0n) is 52.5. The summed E-state index contributed by atoms with van der Waals surface area (Å²) in [6, 6.07) is 0. The third-order valence-corrected chi connectivity index (χ3v) is 16.3. The van der Waals surface area contributed by atoms with Gasteiger partial charge in [0.15, 0.2) is 6.10 Å². The molecule has 0 saturated carbocycles. The number of carbonyl (C=O) groups is 3. The van der Waals surface area contributed by atoms with Crippen molar-refractivity contribution in [2.24, 2.45) is 0 Å². The molecule has 0 rings (SSSR count). The molecule has 0 aliphatic rings. The minimum Gasteiger partial charge on any atom is -0.462 e. The molecule has 0 aliphatic carbocycles. The first-order chi connectivity index (χ1) is 38.0. The number of unbranched alkanes of at least 4 members (excludes halogenated alkanes) is 53. The van der Waals surface area contributed by atoms with Crippen LogP contribution in [-0.2, 0) is 28.6 Å². The molecule has 0 radical (unpaired) electrons. The van der Waals surface area contributed by atoms with Crippen molar-refractivity contribution in [3.05, 3.63) is 12.2 Å². The van der Waals surface area contributed by atoms with E-state index in [0.717, 1.165) is 57.8 Å². The molecule has 0 aromatic rings. The summed E-state index contributed by atoms with van der Waals surface area (Å²) in [5.74, 6) is -0.838. The summed E-state index contributed by atoms with van der Waals surface area (Å²) < 4.78 is 17.0. The van der Waals surface area contributed by atoms with Crippen LogP contribution in [0.25, 0.3) is 0 Å². The van der Waals surface area contributed by atoms with E-state index in [-0.39, 0.29) is 31.1 Å². The van der Waals surface area contributed by atoms with E-state index in [0.29, 0.717) is 19.3 Å². The van der Waals surface area contributed by atoms with Gasteiger partial charge >= 0.3 is 17.9 Å². The van der Waals surface area contributed by atoms with Crippen LogP contribution in [0.3, 0.4) is 0 Å². The third-order valence-electron chi connectivity index (χ3n) is 16.3. The molecule has 0 saturated heterocycles. The van der Waals surface area contributed by atoms with Gasteiger partial charge in [-0.1, -0.05) is 354 Å². The molecule has 0 amide bonds. The summed E-state index contributed by atoms with van der Waals surface area (Å²) in [6.45, 7) is 6.71. The van der Waals surface area contributed by atoms with E-state index in [2.05, 4.69) is 32.9 Å². The van der Waals surface area contributed by atoms with Gasteiger partial charge in [-0.25, -0.2) is 0 Å². The smallest absolute Gasteiger partial charge is 0.306 e. The highest BCUT2D eigenvalue weighted by molar-refractivity contribution is 5.71. The van der Waals surface area contributed by atoms with Crippen LogP contribution >= 0.6 is 0 Å². The Morgan fingerprint density at radius 1 is 0.247 bits per heavy atom. The molecule has 77 heavy (non-hydrogen) atoms. The van der Waals surface area contributed by atoms with Crippen LogP contribution in [0.2, 0.25) is 0 Å². The molecule has 0 fully saturated rings. The number of carbonyl (C=O) groups excluding carboxylic acids is 3. The second-order valence-electron chi connectivity index (χ2n) is 24.2. The van der Waals surface area contributed by atoms with E-state index in [4.69, 9.17) is 14.2 Å². The Balaban J connectivity index is 4.10. The predicted octanol–water partition coefficient (Wildman–Crippen LogP) is 24.0. The molecule has 0 aliphatic heterocycles. The number of hydrogen-bond acceptors (Lipinski definition) is 6. The van der Waals surface area contributed by atoms with Crippen LogP contribution in [0, 0.1) is 0 Å². The second-order valence-corrected chi connectivity index (χ2v) is 24.2. The fraction of sp³-hybridized carbons (Fsp3) is 0.930. The Bertz CT molecular complexity index is 1200. The molecule has 0 heterocycles. The first-order valence-corrected chi connectivity index (χ1v) is 35.2. The van der Waals surface area contributed by atoms with Crippen molar-refractivity contribution >= 4 is 17.9 Å². The van der Waals surface area contributed by atoms with Crippen molar-refractivity contribution in [3.63, 3.8) is 0 Å². The van der Waals surface area contributed by atoms with Gasteiger partial charge in [0.1, 0.15) is 13.2 Å². The van der Waals surface area contributed by atoms with Gasteiger partial charge in [0.2, 0.25) is 0 Å². The van der Waals surface area contributed by atoms with E-state index in [1.54, 1.807) is 0 Å². The number of rotatable bonds is 66. The lowest BCUT2D eigenvalue weighted by Gasteiger charge is -2.18. The number of hydrogen-bond donors (Lipinski definition) is 0. The lowest BCUT2D eigenvalue weighted by atomic mass is 10.0. The van der Waals surface area contributed by atoms with Gasteiger partial charge in [0, 0.05) is 19.3 Å². The van der Waals surface area contributed by atoms with Crippen LogP contribution in [-0.4, -0.2) is 37.2 Å². The Labute approximate surface area is 481 Å². The number of ether oxygens (including phenoxy) is 3. The molecule has 0 bridgehead atoms. The third kappa shape index (κ3) is 64.9. The largest absolute Gasteiger partial charge is 0.462 e. The van der Waals surface area contributed by atoms with Gasteiger partial charge in [-0.05, 0) is 44.9 Å². The van der Waals surface area contributed by atoms with Crippen molar-refractivity contribution in [1.29, 1.82) is 0 Å². The van der Waals surface area contributed by atoms with Crippen molar-refractivity contribution in [3.8, 4) is 0 Å². The molecule has 0 aromatic carbocycles. The zero-order valence-corrected chi connectivity index (χ0v) is 52.5. The minimum absolute atomic E-state index is 0.0652. The van der Waals surface area contributed by atoms with E-state index < -0.39 is 6.10 Å². The SMILES string of the molecule is CCCCCCCC/C=C\CCCCCCCCCC(=O)OC(COC(=O)CCCCCCCCCCCCCC)COC(=O)CCCCCCCCCCCCCCCCCCCCCCCCCCCCCCCC. The maximum absolute atomic E-state index is 12.9. The molecule has 0 aromatic heterocycles. The van der Waals surface area contributed by atoms with Crippen molar-refractivity contribution in [1.82, 2.24) is 0 Å². The summed E-state index contributed by atoms with van der Waals surface area (Å²) >= 11 is 0. The Hall–Kier alpha value is -1.85. The van der Waals surface area contributed by atoms with Crippen LogP contribution in [0.1, 0.15) is 406 Å².